The molecule has 2 rings (SSSR count). The van der Waals surface area contributed by atoms with Crippen molar-refractivity contribution in [3.05, 3.63) is 46.0 Å². The average molecular weight is 253 g/mol. The van der Waals surface area contributed by atoms with Gasteiger partial charge in [-0.25, -0.2) is 9.07 Å². The van der Waals surface area contributed by atoms with E-state index in [4.69, 9.17) is 11.6 Å². The van der Waals surface area contributed by atoms with Crippen molar-refractivity contribution in [2.24, 2.45) is 0 Å². The molecule has 2 aromatic rings. The minimum absolute atomic E-state index is 0.281. The Morgan fingerprint density at radius 3 is 2.59 bits per heavy atom. The maximum Gasteiger partial charge on any atom is 0.150 e. The van der Waals surface area contributed by atoms with Crippen LogP contribution in [0.15, 0.2) is 18.2 Å². The van der Waals surface area contributed by atoms with E-state index in [9.17, 15) is 9.18 Å². The Labute approximate surface area is 103 Å². The predicted molar refractivity (Wildman–Crippen MR) is 63.4 cm³/mol. The number of aldehydes is 1. The molecule has 0 N–H and O–H groups in total. The van der Waals surface area contributed by atoms with Crippen LogP contribution in [0, 0.1) is 19.7 Å². The summed E-state index contributed by atoms with van der Waals surface area (Å²) in [5.41, 5.74) is 1.88. The van der Waals surface area contributed by atoms with E-state index >= 15 is 0 Å². The Bertz CT molecular complexity index is 592. The van der Waals surface area contributed by atoms with E-state index in [1.807, 2.05) is 0 Å². The van der Waals surface area contributed by atoms with Crippen LogP contribution >= 0.6 is 11.6 Å². The number of benzene rings is 1. The third kappa shape index (κ3) is 1.96. The zero-order chi connectivity index (χ0) is 12.6. The highest BCUT2D eigenvalue weighted by Gasteiger charge is 2.13. The topological polar surface area (TPSA) is 34.9 Å². The SMILES string of the molecule is Cc1nn(-c2ccc(C=O)cc2F)c(C)c1Cl. The zero-order valence-electron chi connectivity index (χ0n) is 9.37. The van der Waals surface area contributed by atoms with Crippen LogP contribution in [0.4, 0.5) is 4.39 Å². The lowest BCUT2D eigenvalue weighted by molar-refractivity contribution is 0.112. The van der Waals surface area contributed by atoms with Gasteiger partial charge in [-0.1, -0.05) is 11.6 Å². The molecule has 3 nitrogen and oxygen atoms in total. The van der Waals surface area contributed by atoms with Crippen LogP contribution < -0.4 is 0 Å². The Morgan fingerprint density at radius 1 is 1.41 bits per heavy atom. The molecule has 0 aliphatic heterocycles. The molecule has 0 aliphatic carbocycles. The maximum atomic E-state index is 13.8. The summed E-state index contributed by atoms with van der Waals surface area (Å²) in [6.45, 7) is 3.51. The first-order valence-electron chi connectivity index (χ1n) is 5.01. The number of halogens is 2. The van der Waals surface area contributed by atoms with Crippen molar-refractivity contribution in [2.75, 3.05) is 0 Å². The van der Waals surface area contributed by atoms with E-state index in [1.54, 1.807) is 13.8 Å². The smallest absolute Gasteiger partial charge is 0.150 e. The Hall–Kier alpha value is -1.68. The van der Waals surface area contributed by atoms with E-state index < -0.39 is 5.82 Å². The fourth-order valence-corrected chi connectivity index (χ4v) is 1.74. The van der Waals surface area contributed by atoms with Crippen LogP contribution in [0.1, 0.15) is 21.7 Å². The molecular weight excluding hydrogens is 243 g/mol. The van der Waals surface area contributed by atoms with Gasteiger partial charge in [0, 0.05) is 5.56 Å². The summed E-state index contributed by atoms with van der Waals surface area (Å²) in [4.78, 5) is 10.5. The van der Waals surface area contributed by atoms with Crippen molar-refractivity contribution < 1.29 is 9.18 Å². The van der Waals surface area contributed by atoms with E-state index in [2.05, 4.69) is 5.10 Å². The van der Waals surface area contributed by atoms with Gasteiger partial charge in [0.05, 0.1) is 16.4 Å². The van der Waals surface area contributed by atoms with Crippen LogP contribution in [-0.4, -0.2) is 16.1 Å². The molecule has 0 bridgehead atoms. The number of hydrogen-bond donors (Lipinski definition) is 0. The van der Waals surface area contributed by atoms with E-state index in [-0.39, 0.29) is 5.69 Å². The molecule has 0 spiro atoms. The minimum atomic E-state index is -0.503. The van der Waals surface area contributed by atoms with E-state index in [0.29, 0.717) is 28.3 Å². The maximum absolute atomic E-state index is 13.8. The normalized spacial score (nSPS) is 10.6. The molecule has 0 aliphatic rings. The highest BCUT2D eigenvalue weighted by atomic mass is 35.5. The van der Waals surface area contributed by atoms with Gasteiger partial charge in [-0.2, -0.15) is 5.10 Å². The van der Waals surface area contributed by atoms with Crippen molar-refractivity contribution in [1.29, 1.82) is 0 Å². The first-order valence-corrected chi connectivity index (χ1v) is 5.39. The van der Waals surface area contributed by atoms with Crippen LogP contribution in [-0.2, 0) is 0 Å². The molecule has 0 radical (unpaired) electrons. The van der Waals surface area contributed by atoms with Crippen molar-refractivity contribution >= 4 is 17.9 Å². The van der Waals surface area contributed by atoms with Gasteiger partial charge in [0.15, 0.2) is 0 Å². The van der Waals surface area contributed by atoms with Crippen LogP contribution in [0.2, 0.25) is 5.02 Å². The van der Waals surface area contributed by atoms with Gasteiger partial charge in [0.2, 0.25) is 0 Å². The molecule has 0 saturated carbocycles. The largest absolute Gasteiger partial charge is 0.298 e. The third-order valence-electron chi connectivity index (χ3n) is 2.54. The summed E-state index contributed by atoms with van der Waals surface area (Å²) in [5, 5.41) is 4.67. The molecule has 0 saturated heterocycles. The standard InChI is InChI=1S/C12H10ClFN2O/c1-7-12(13)8(2)16(15-7)11-4-3-9(6-17)5-10(11)14/h3-6H,1-2H3. The molecule has 88 valence electrons. The van der Waals surface area contributed by atoms with Crippen LogP contribution in [0.25, 0.3) is 5.69 Å². The van der Waals surface area contributed by atoms with Gasteiger partial charge in [-0.3, -0.25) is 4.79 Å². The van der Waals surface area contributed by atoms with Gasteiger partial charge in [0.25, 0.3) is 0 Å². The lowest BCUT2D eigenvalue weighted by Crippen LogP contribution is -2.02. The molecule has 17 heavy (non-hydrogen) atoms. The van der Waals surface area contributed by atoms with Gasteiger partial charge < -0.3 is 0 Å². The number of aryl methyl sites for hydroxylation is 1. The Morgan fingerprint density at radius 2 is 2.12 bits per heavy atom. The number of rotatable bonds is 2. The quantitative estimate of drug-likeness (QED) is 0.770. The second-order valence-corrected chi connectivity index (χ2v) is 4.10. The summed E-state index contributed by atoms with van der Waals surface area (Å²) in [5.74, 6) is -0.503. The highest BCUT2D eigenvalue weighted by Crippen LogP contribution is 2.23. The number of nitrogens with zero attached hydrogens (tertiary/aromatic N) is 2. The molecule has 1 aromatic carbocycles. The van der Waals surface area contributed by atoms with Crippen molar-refractivity contribution in [3.63, 3.8) is 0 Å². The fourth-order valence-electron chi connectivity index (χ4n) is 1.63. The van der Waals surface area contributed by atoms with Crippen molar-refractivity contribution in [1.82, 2.24) is 9.78 Å². The fraction of sp³-hybridized carbons (Fsp3) is 0.167. The van der Waals surface area contributed by atoms with E-state index in [0.717, 1.165) is 0 Å². The molecule has 0 fully saturated rings. The van der Waals surface area contributed by atoms with Crippen molar-refractivity contribution in [3.8, 4) is 5.69 Å². The lowest BCUT2D eigenvalue weighted by Gasteiger charge is -2.06. The van der Waals surface area contributed by atoms with Crippen LogP contribution in [0.5, 0.6) is 0 Å². The van der Waals surface area contributed by atoms with Gasteiger partial charge in [-0.15, -0.1) is 0 Å². The number of carbonyl (C=O) groups excluding carboxylic acids is 1. The molecule has 0 atom stereocenters. The Kier molecular flexibility index (Phi) is 2.98. The molecule has 0 unspecified atom stereocenters. The Balaban J connectivity index is 2.60. The monoisotopic (exact) mass is 252 g/mol. The summed E-state index contributed by atoms with van der Waals surface area (Å²) in [7, 11) is 0. The first kappa shape index (κ1) is 11.8. The second kappa shape index (κ2) is 4.30. The minimum Gasteiger partial charge on any atom is -0.298 e. The number of carbonyl (C=O) groups is 1. The van der Waals surface area contributed by atoms with Gasteiger partial charge >= 0.3 is 0 Å². The predicted octanol–water partition coefficient (Wildman–Crippen LogP) is 3.09. The van der Waals surface area contributed by atoms with Gasteiger partial charge in [0.1, 0.15) is 17.8 Å². The summed E-state index contributed by atoms with van der Waals surface area (Å²) >= 11 is 6.00. The highest BCUT2D eigenvalue weighted by molar-refractivity contribution is 6.31. The molecular formula is C12H10ClFN2O. The number of hydrogen-bond acceptors (Lipinski definition) is 2. The first-order chi connectivity index (χ1) is 8.04. The number of aromatic nitrogens is 2. The average Bonchev–Trinajstić information content (AvgIpc) is 2.57. The van der Waals surface area contributed by atoms with Crippen molar-refractivity contribution in [2.45, 2.75) is 13.8 Å². The molecule has 0 amide bonds. The zero-order valence-corrected chi connectivity index (χ0v) is 10.1. The third-order valence-corrected chi connectivity index (χ3v) is 3.09. The van der Waals surface area contributed by atoms with Crippen LogP contribution in [0.3, 0.4) is 0 Å². The molecule has 1 aromatic heterocycles. The lowest BCUT2D eigenvalue weighted by atomic mass is 10.2. The van der Waals surface area contributed by atoms with Gasteiger partial charge in [-0.05, 0) is 32.0 Å². The summed E-state index contributed by atoms with van der Waals surface area (Å²) < 4.78 is 15.2. The van der Waals surface area contributed by atoms with E-state index in [1.165, 1.54) is 22.9 Å². The summed E-state index contributed by atoms with van der Waals surface area (Å²) in [6.07, 6.45) is 0.598. The molecule has 5 heteroatoms. The summed E-state index contributed by atoms with van der Waals surface area (Å²) in [6, 6.07) is 4.22. The second-order valence-electron chi connectivity index (χ2n) is 3.73. The molecule has 1 heterocycles.